The van der Waals surface area contributed by atoms with Gasteiger partial charge in [0.1, 0.15) is 0 Å². The van der Waals surface area contributed by atoms with Crippen molar-refractivity contribution in [3.8, 4) is 0 Å². The fraction of sp³-hybridized carbons (Fsp3) is 1.00. The third kappa shape index (κ3) is 6.70. The highest BCUT2D eigenvalue weighted by Gasteiger charge is 2.01. The Bertz CT molecular complexity index is 71.7. The van der Waals surface area contributed by atoms with Crippen molar-refractivity contribution in [3.05, 3.63) is 0 Å². The van der Waals surface area contributed by atoms with Gasteiger partial charge in [0.05, 0.1) is 0 Å². The van der Waals surface area contributed by atoms with Crippen LogP contribution in [0.2, 0.25) is 0 Å². The number of halogens is 2. The molecule has 2 heteroatoms. The van der Waals surface area contributed by atoms with E-state index in [1.54, 1.807) is 0 Å². The molecule has 0 aliphatic rings. The second kappa shape index (κ2) is 6.30. The highest BCUT2D eigenvalue weighted by molar-refractivity contribution is 6.20. The van der Waals surface area contributed by atoms with Crippen LogP contribution < -0.4 is 0 Å². The van der Waals surface area contributed by atoms with Crippen molar-refractivity contribution in [2.75, 3.05) is 0 Å². The Labute approximate surface area is 73.9 Å². The van der Waals surface area contributed by atoms with Crippen molar-refractivity contribution in [1.82, 2.24) is 0 Å². The smallest absolute Gasteiger partial charge is 0.0333 e. The summed E-state index contributed by atoms with van der Waals surface area (Å²) in [7, 11) is 0. The Hall–Kier alpha value is 0.580. The Morgan fingerprint density at radius 1 is 1.20 bits per heavy atom. The number of hydrogen-bond acceptors (Lipinski definition) is 0. The average molecular weight is 183 g/mol. The van der Waals surface area contributed by atoms with E-state index in [4.69, 9.17) is 23.2 Å². The van der Waals surface area contributed by atoms with Crippen molar-refractivity contribution in [3.63, 3.8) is 0 Å². The Kier molecular flexibility index (Phi) is 6.67. The molecule has 0 saturated heterocycles. The molecule has 0 aromatic heterocycles. The molecule has 0 aliphatic carbocycles. The predicted octanol–water partition coefficient (Wildman–Crippen LogP) is 3.80. The lowest BCUT2D eigenvalue weighted by molar-refractivity contribution is 0.634. The SMILES string of the molecule is CCC(Cl)CCCC(C)Cl. The molecule has 0 N–H and O–H groups in total. The summed E-state index contributed by atoms with van der Waals surface area (Å²) in [5.74, 6) is 0. The monoisotopic (exact) mass is 182 g/mol. The fourth-order valence-corrected chi connectivity index (χ4v) is 1.13. The van der Waals surface area contributed by atoms with Crippen LogP contribution in [0.15, 0.2) is 0 Å². The zero-order chi connectivity index (χ0) is 7.98. The van der Waals surface area contributed by atoms with Crippen molar-refractivity contribution in [1.29, 1.82) is 0 Å². The summed E-state index contributed by atoms with van der Waals surface area (Å²) in [5.41, 5.74) is 0. The van der Waals surface area contributed by atoms with Gasteiger partial charge in [0.2, 0.25) is 0 Å². The topological polar surface area (TPSA) is 0 Å². The van der Waals surface area contributed by atoms with E-state index < -0.39 is 0 Å². The standard InChI is InChI=1S/C8H16Cl2/c1-3-8(10)6-4-5-7(2)9/h7-8H,3-6H2,1-2H3. The first kappa shape index (κ1) is 10.6. The third-order valence-corrected chi connectivity index (χ3v) is 2.31. The number of rotatable bonds is 5. The highest BCUT2D eigenvalue weighted by atomic mass is 35.5. The van der Waals surface area contributed by atoms with Crippen molar-refractivity contribution < 1.29 is 0 Å². The largest absolute Gasteiger partial charge is 0.123 e. The van der Waals surface area contributed by atoms with E-state index in [-0.39, 0.29) is 0 Å². The van der Waals surface area contributed by atoms with Gasteiger partial charge in [-0.3, -0.25) is 0 Å². The minimum absolute atomic E-state index is 0.306. The molecule has 0 rings (SSSR count). The highest BCUT2D eigenvalue weighted by Crippen LogP contribution is 2.13. The van der Waals surface area contributed by atoms with Crippen LogP contribution in [0.25, 0.3) is 0 Å². The van der Waals surface area contributed by atoms with Gasteiger partial charge in [0.25, 0.3) is 0 Å². The molecule has 0 nitrogen and oxygen atoms in total. The van der Waals surface area contributed by atoms with Gasteiger partial charge in [0.15, 0.2) is 0 Å². The van der Waals surface area contributed by atoms with E-state index in [0.717, 1.165) is 25.7 Å². The van der Waals surface area contributed by atoms with Crippen LogP contribution >= 0.6 is 23.2 Å². The molecule has 0 aromatic carbocycles. The van der Waals surface area contributed by atoms with Crippen LogP contribution in [0.1, 0.15) is 39.5 Å². The molecule has 0 fully saturated rings. The van der Waals surface area contributed by atoms with Crippen LogP contribution in [-0.2, 0) is 0 Å². The molecule has 0 heterocycles. The van der Waals surface area contributed by atoms with Gasteiger partial charge in [-0.25, -0.2) is 0 Å². The molecule has 0 radical (unpaired) electrons. The van der Waals surface area contributed by atoms with Gasteiger partial charge < -0.3 is 0 Å². The van der Waals surface area contributed by atoms with Crippen LogP contribution in [0.5, 0.6) is 0 Å². The maximum atomic E-state index is 5.91. The van der Waals surface area contributed by atoms with Crippen LogP contribution in [0, 0.1) is 0 Å². The molecule has 10 heavy (non-hydrogen) atoms. The van der Waals surface area contributed by atoms with Gasteiger partial charge >= 0.3 is 0 Å². The first-order valence-corrected chi connectivity index (χ1v) is 4.82. The quantitative estimate of drug-likeness (QED) is 0.568. The summed E-state index contributed by atoms with van der Waals surface area (Å²) in [5, 5.41) is 0.663. The van der Waals surface area contributed by atoms with E-state index in [0.29, 0.717) is 10.8 Å². The Morgan fingerprint density at radius 3 is 2.20 bits per heavy atom. The summed E-state index contributed by atoms with van der Waals surface area (Å²) in [4.78, 5) is 0. The van der Waals surface area contributed by atoms with E-state index in [1.165, 1.54) is 0 Å². The Balaban J connectivity index is 3.03. The van der Waals surface area contributed by atoms with Crippen molar-refractivity contribution in [2.45, 2.75) is 50.3 Å². The van der Waals surface area contributed by atoms with E-state index >= 15 is 0 Å². The van der Waals surface area contributed by atoms with Gasteiger partial charge in [-0.15, -0.1) is 23.2 Å². The third-order valence-electron chi connectivity index (χ3n) is 1.56. The van der Waals surface area contributed by atoms with Crippen LogP contribution in [0.3, 0.4) is 0 Å². The first-order chi connectivity index (χ1) is 4.66. The normalized spacial score (nSPS) is 16.8. The molecule has 0 bridgehead atoms. The molecule has 2 atom stereocenters. The second-order valence-corrected chi connectivity index (χ2v) is 4.08. The van der Waals surface area contributed by atoms with Gasteiger partial charge in [-0.1, -0.05) is 13.3 Å². The molecule has 0 aromatic rings. The van der Waals surface area contributed by atoms with Crippen molar-refractivity contribution >= 4 is 23.2 Å². The summed E-state index contributed by atoms with van der Waals surface area (Å²) in [6.07, 6.45) is 4.42. The van der Waals surface area contributed by atoms with E-state index in [2.05, 4.69) is 6.92 Å². The lowest BCUT2D eigenvalue weighted by Crippen LogP contribution is -1.98. The van der Waals surface area contributed by atoms with Crippen LogP contribution in [-0.4, -0.2) is 10.8 Å². The van der Waals surface area contributed by atoms with E-state index in [9.17, 15) is 0 Å². The fourth-order valence-electron chi connectivity index (χ4n) is 0.825. The van der Waals surface area contributed by atoms with E-state index in [1.807, 2.05) is 6.92 Å². The minimum atomic E-state index is 0.306. The summed E-state index contributed by atoms with van der Waals surface area (Å²) >= 11 is 11.7. The Morgan fingerprint density at radius 2 is 1.80 bits per heavy atom. The maximum Gasteiger partial charge on any atom is 0.0333 e. The van der Waals surface area contributed by atoms with Crippen LogP contribution in [0.4, 0.5) is 0 Å². The molecule has 0 spiro atoms. The molecule has 2 unspecified atom stereocenters. The number of hydrogen-bond donors (Lipinski definition) is 0. The lowest BCUT2D eigenvalue weighted by Gasteiger charge is -2.05. The second-order valence-electron chi connectivity index (χ2n) is 2.72. The van der Waals surface area contributed by atoms with Gasteiger partial charge in [0, 0.05) is 10.8 Å². The molecule has 62 valence electrons. The van der Waals surface area contributed by atoms with Gasteiger partial charge in [-0.05, 0) is 26.2 Å². The molecule has 0 amide bonds. The predicted molar refractivity (Wildman–Crippen MR) is 49.1 cm³/mol. The minimum Gasteiger partial charge on any atom is -0.123 e. The molecule has 0 aliphatic heterocycles. The zero-order valence-corrected chi connectivity index (χ0v) is 8.25. The average Bonchev–Trinajstić information content (AvgIpc) is 1.87. The summed E-state index contributed by atoms with van der Waals surface area (Å²) < 4.78 is 0. The summed E-state index contributed by atoms with van der Waals surface area (Å²) in [6, 6.07) is 0. The lowest BCUT2D eigenvalue weighted by atomic mass is 10.1. The first-order valence-electron chi connectivity index (χ1n) is 3.95. The van der Waals surface area contributed by atoms with Crippen molar-refractivity contribution in [2.24, 2.45) is 0 Å². The molecular weight excluding hydrogens is 167 g/mol. The summed E-state index contributed by atoms with van der Waals surface area (Å²) in [6.45, 7) is 4.14. The molecule has 0 saturated carbocycles. The number of alkyl halides is 2. The molecular formula is C8H16Cl2. The zero-order valence-electron chi connectivity index (χ0n) is 6.74. The van der Waals surface area contributed by atoms with Gasteiger partial charge in [-0.2, -0.15) is 0 Å². The maximum absolute atomic E-state index is 5.91.